The predicted octanol–water partition coefficient (Wildman–Crippen LogP) is 2.01. The molecule has 1 rings (SSSR count). The van der Waals surface area contributed by atoms with Crippen LogP contribution in [0.5, 0.6) is 5.75 Å². The molecule has 0 heterocycles. The van der Waals surface area contributed by atoms with Crippen molar-refractivity contribution < 1.29 is 17.9 Å². The molecule has 1 N–H and O–H groups in total. The zero-order valence-electron chi connectivity index (χ0n) is 11.6. The first kappa shape index (κ1) is 16.2. The summed E-state index contributed by atoms with van der Waals surface area (Å²) in [6, 6.07) is 6.90. The molecule has 0 aromatic heterocycles. The highest BCUT2D eigenvalue weighted by Crippen LogP contribution is 2.24. The maximum Gasteiger partial charge on any atom is 0.239 e. The Morgan fingerprint density at radius 2 is 2.05 bits per heavy atom. The SMILES string of the molecule is C=CCS(=O)(=O)CC(=O)Nc1ccccc1OC(C)C. The Kier molecular flexibility index (Phi) is 5.76. The minimum atomic E-state index is -3.46. The van der Waals surface area contributed by atoms with Crippen LogP contribution in [0.1, 0.15) is 13.8 Å². The minimum Gasteiger partial charge on any atom is -0.489 e. The molecule has 1 aromatic carbocycles. The van der Waals surface area contributed by atoms with Gasteiger partial charge in [-0.1, -0.05) is 18.2 Å². The fourth-order valence-electron chi connectivity index (χ4n) is 1.55. The van der Waals surface area contributed by atoms with E-state index < -0.39 is 21.5 Å². The Labute approximate surface area is 119 Å². The summed E-state index contributed by atoms with van der Waals surface area (Å²) >= 11 is 0. The summed E-state index contributed by atoms with van der Waals surface area (Å²) in [6.45, 7) is 7.09. The number of para-hydroxylation sites is 2. The molecule has 0 saturated heterocycles. The Bertz CT molecular complexity index is 579. The summed E-state index contributed by atoms with van der Waals surface area (Å²) < 4.78 is 28.6. The number of amides is 1. The van der Waals surface area contributed by atoms with Gasteiger partial charge in [0.1, 0.15) is 11.5 Å². The summed E-state index contributed by atoms with van der Waals surface area (Å²) in [5.41, 5.74) is 0.458. The second kappa shape index (κ2) is 7.09. The lowest BCUT2D eigenvalue weighted by atomic mass is 10.3. The van der Waals surface area contributed by atoms with Crippen LogP contribution in [0.2, 0.25) is 0 Å². The van der Waals surface area contributed by atoms with Crippen molar-refractivity contribution in [3.05, 3.63) is 36.9 Å². The van der Waals surface area contributed by atoms with Crippen LogP contribution in [0.3, 0.4) is 0 Å². The molecule has 110 valence electrons. The van der Waals surface area contributed by atoms with E-state index >= 15 is 0 Å². The molecule has 0 atom stereocenters. The molecule has 0 unspecified atom stereocenters. The summed E-state index contributed by atoms with van der Waals surface area (Å²) in [4.78, 5) is 11.8. The van der Waals surface area contributed by atoms with Crippen molar-refractivity contribution in [2.75, 3.05) is 16.8 Å². The van der Waals surface area contributed by atoms with Gasteiger partial charge < -0.3 is 10.1 Å². The number of ether oxygens (including phenoxy) is 1. The van der Waals surface area contributed by atoms with E-state index in [2.05, 4.69) is 11.9 Å². The van der Waals surface area contributed by atoms with Gasteiger partial charge in [-0.15, -0.1) is 6.58 Å². The maximum atomic E-state index is 11.8. The van der Waals surface area contributed by atoms with Crippen LogP contribution in [0.25, 0.3) is 0 Å². The minimum absolute atomic E-state index is 0.0439. The van der Waals surface area contributed by atoms with Crippen molar-refractivity contribution in [1.82, 2.24) is 0 Å². The van der Waals surface area contributed by atoms with E-state index in [0.29, 0.717) is 11.4 Å². The number of carbonyl (C=O) groups is 1. The molecule has 0 aliphatic carbocycles. The Balaban J connectivity index is 2.78. The van der Waals surface area contributed by atoms with Crippen LogP contribution in [0.15, 0.2) is 36.9 Å². The second-order valence-corrected chi connectivity index (χ2v) is 6.66. The van der Waals surface area contributed by atoms with Gasteiger partial charge in [0.05, 0.1) is 17.5 Å². The fourth-order valence-corrected chi connectivity index (χ4v) is 2.50. The summed E-state index contributed by atoms with van der Waals surface area (Å²) in [5, 5.41) is 2.55. The summed E-state index contributed by atoms with van der Waals surface area (Å²) in [5.74, 6) is -0.872. The largest absolute Gasteiger partial charge is 0.489 e. The van der Waals surface area contributed by atoms with Gasteiger partial charge in [0.25, 0.3) is 0 Å². The van der Waals surface area contributed by atoms with Gasteiger partial charge >= 0.3 is 0 Å². The zero-order valence-corrected chi connectivity index (χ0v) is 12.4. The van der Waals surface area contributed by atoms with Crippen LogP contribution in [0, 0.1) is 0 Å². The first-order chi connectivity index (χ1) is 9.34. The third-order valence-corrected chi connectivity index (χ3v) is 3.69. The van der Waals surface area contributed by atoms with Crippen LogP contribution >= 0.6 is 0 Å². The van der Waals surface area contributed by atoms with E-state index in [-0.39, 0.29) is 11.9 Å². The summed E-state index contributed by atoms with van der Waals surface area (Å²) in [7, 11) is -3.46. The Morgan fingerprint density at radius 1 is 1.40 bits per heavy atom. The first-order valence-electron chi connectivity index (χ1n) is 6.21. The van der Waals surface area contributed by atoms with Gasteiger partial charge in [-0.3, -0.25) is 4.79 Å². The van der Waals surface area contributed by atoms with E-state index in [0.717, 1.165) is 0 Å². The van der Waals surface area contributed by atoms with Crippen LogP contribution in [0.4, 0.5) is 5.69 Å². The molecule has 0 aliphatic rings. The zero-order chi connectivity index (χ0) is 15.2. The van der Waals surface area contributed by atoms with E-state index in [1.54, 1.807) is 24.3 Å². The molecule has 0 spiro atoms. The van der Waals surface area contributed by atoms with Crippen LogP contribution < -0.4 is 10.1 Å². The van der Waals surface area contributed by atoms with Crippen molar-refractivity contribution in [3.8, 4) is 5.75 Å². The van der Waals surface area contributed by atoms with Gasteiger partial charge in [-0.05, 0) is 26.0 Å². The topological polar surface area (TPSA) is 72.5 Å². The molecule has 6 heteroatoms. The number of hydrogen-bond donors (Lipinski definition) is 1. The molecule has 20 heavy (non-hydrogen) atoms. The fraction of sp³-hybridized carbons (Fsp3) is 0.357. The van der Waals surface area contributed by atoms with Gasteiger partial charge in [-0.25, -0.2) is 8.42 Å². The van der Waals surface area contributed by atoms with E-state index in [9.17, 15) is 13.2 Å². The lowest BCUT2D eigenvalue weighted by Gasteiger charge is -2.14. The van der Waals surface area contributed by atoms with Gasteiger partial charge in [-0.2, -0.15) is 0 Å². The van der Waals surface area contributed by atoms with E-state index in [4.69, 9.17) is 4.74 Å². The molecular formula is C14H19NO4S. The molecule has 0 saturated carbocycles. The molecule has 1 amide bonds. The maximum absolute atomic E-state index is 11.8. The molecule has 0 aliphatic heterocycles. The normalized spacial score (nSPS) is 11.2. The first-order valence-corrected chi connectivity index (χ1v) is 8.03. The predicted molar refractivity (Wildman–Crippen MR) is 79.7 cm³/mol. The van der Waals surface area contributed by atoms with Gasteiger partial charge in [0.15, 0.2) is 9.84 Å². The molecular weight excluding hydrogens is 278 g/mol. The number of sulfone groups is 1. The second-order valence-electron chi connectivity index (χ2n) is 4.55. The van der Waals surface area contributed by atoms with Crippen molar-refractivity contribution in [2.24, 2.45) is 0 Å². The molecule has 0 radical (unpaired) electrons. The average molecular weight is 297 g/mol. The van der Waals surface area contributed by atoms with Gasteiger partial charge in [0.2, 0.25) is 5.91 Å². The lowest BCUT2D eigenvalue weighted by molar-refractivity contribution is -0.113. The Morgan fingerprint density at radius 3 is 2.65 bits per heavy atom. The standard InChI is InChI=1S/C14H19NO4S/c1-4-9-20(17,18)10-14(16)15-12-7-5-6-8-13(12)19-11(2)3/h4-8,11H,1,9-10H2,2-3H3,(H,15,16). The molecule has 1 aromatic rings. The van der Waals surface area contributed by atoms with Crippen LogP contribution in [-0.4, -0.2) is 31.9 Å². The number of nitrogens with one attached hydrogen (secondary N) is 1. The van der Waals surface area contributed by atoms with Crippen molar-refractivity contribution in [2.45, 2.75) is 20.0 Å². The van der Waals surface area contributed by atoms with Crippen LogP contribution in [-0.2, 0) is 14.6 Å². The van der Waals surface area contributed by atoms with Crippen molar-refractivity contribution in [3.63, 3.8) is 0 Å². The highest BCUT2D eigenvalue weighted by molar-refractivity contribution is 7.92. The van der Waals surface area contributed by atoms with E-state index in [1.165, 1.54) is 6.08 Å². The third kappa shape index (κ3) is 5.44. The number of hydrogen-bond acceptors (Lipinski definition) is 4. The van der Waals surface area contributed by atoms with Gasteiger partial charge in [0, 0.05) is 0 Å². The Hall–Kier alpha value is -1.82. The number of anilines is 1. The highest BCUT2D eigenvalue weighted by atomic mass is 32.2. The molecule has 0 bridgehead atoms. The van der Waals surface area contributed by atoms with E-state index in [1.807, 2.05) is 13.8 Å². The molecule has 0 fully saturated rings. The monoisotopic (exact) mass is 297 g/mol. The van der Waals surface area contributed by atoms with Crippen molar-refractivity contribution in [1.29, 1.82) is 0 Å². The quantitative estimate of drug-likeness (QED) is 0.781. The smallest absolute Gasteiger partial charge is 0.239 e. The number of benzene rings is 1. The number of rotatable bonds is 7. The molecule has 5 nitrogen and oxygen atoms in total. The highest BCUT2D eigenvalue weighted by Gasteiger charge is 2.16. The van der Waals surface area contributed by atoms with Crippen molar-refractivity contribution >= 4 is 21.4 Å². The number of carbonyl (C=O) groups excluding carboxylic acids is 1. The lowest BCUT2D eigenvalue weighted by Crippen LogP contribution is -2.24. The average Bonchev–Trinajstić information content (AvgIpc) is 2.29. The summed E-state index contributed by atoms with van der Waals surface area (Å²) in [6.07, 6.45) is 1.22. The third-order valence-electron chi connectivity index (χ3n) is 2.25.